The standard InChI is InChI=1S/C24H27N3O4S/c28-23-12-11-22(26-27(23)20-14-16-32(30,31)17-20)24(29)25-15-13-21(18-7-3-1-4-8-18)19-9-5-2-6-10-19/h1-10,20-21H,11-17H2,(H,25,29)/t20-/m0/s1. The number of amides is 2. The van der Waals surface area contributed by atoms with Crippen molar-refractivity contribution in [2.24, 2.45) is 5.10 Å². The number of hydrazone groups is 1. The van der Waals surface area contributed by atoms with Gasteiger partial charge in [0, 0.05) is 25.3 Å². The van der Waals surface area contributed by atoms with Crippen LogP contribution < -0.4 is 5.32 Å². The third-order valence-electron chi connectivity index (χ3n) is 6.00. The van der Waals surface area contributed by atoms with E-state index in [4.69, 9.17) is 0 Å². The first kappa shape index (κ1) is 22.2. The van der Waals surface area contributed by atoms with E-state index in [2.05, 4.69) is 34.7 Å². The molecule has 1 atom stereocenters. The summed E-state index contributed by atoms with van der Waals surface area (Å²) >= 11 is 0. The van der Waals surface area contributed by atoms with Crippen LogP contribution in [0.1, 0.15) is 42.7 Å². The highest BCUT2D eigenvalue weighted by Crippen LogP contribution is 2.27. The van der Waals surface area contributed by atoms with Crippen molar-refractivity contribution in [1.29, 1.82) is 0 Å². The fourth-order valence-electron chi connectivity index (χ4n) is 4.32. The van der Waals surface area contributed by atoms with Crippen LogP contribution in [0.15, 0.2) is 65.8 Å². The summed E-state index contributed by atoms with van der Waals surface area (Å²) in [6, 6.07) is 19.9. The molecule has 32 heavy (non-hydrogen) atoms. The predicted molar refractivity (Wildman–Crippen MR) is 123 cm³/mol. The first-order chi connectivity index (χ1) is 15.4. The van der Waals surface area contributed by atoms with Gasteiger partial charge in [-0.25, -0.2) is 13.4 Å². The number of hydrogen-bond donors (Lipinski definition) is 1. The number of sulfone groups is 1. The van der Waals surface area contributed by atoms with E-state index in [1.807, 2.05) is 36.4 Å². The Kier molecular flexibility index (Phi) is 6.69. The van der Waals surface area contributed by atoms with Crippen molar-refractivity contribution in [1.82, 2.24) is 10.3 Å². The monoisotopic (exact) mass is 453 g/mol. The third-order valence-corrected chi connectivity index (χ3v) is 7.75. The van der Waals surface area contributed by atoms with Gasteiger partial charge >= 0.3 is 0 Å². The Bertz CT molecular complexity index is 1060. The van der Waals surface area contributed by atoms with E-state index >= 15 is 0 Å². The summed E-state index contributed by atoms with van der Waals surface area (Å²) in [7, 11) is -3.15. The molecule has 2 aromatic carbocycles. The number of nitrogens with zero attached hydrogens (tertiary/aromatic N) is 2. The van der Waals surface area contributed by atoms with Crippen LogP contribution in [0, 0.1) is 0 Å². The normalized spacial score (nSPS) is 20.3. The summed E-state index contributed by atoms with van der Waals surface area (Å²) in [5.74, 6) is -0.417. The van der Waals surface area contributed by atoms with Crippen LogP contribution in [0.4, 0.5) is 0 Å². The highest BCUT2D eigenvalue weighted by atomic mass is 32.2. The summed E-state index contributed by atoms with van der Waals surface area (Å²) in [5.41, 5.74) is 2.65. The van der Waals surface area contributed by atoms with E-state index in [1.165, 1.54) is 16.1 Å². The Balaban J connectivity index is 1.41. The van der Waals surface area contributed by atoms with Gasteiger partial charge in [-0.2, -0.15) is 5.10 Å². The molecule has 168 valence electrons. The topological polar surface area (TPSA) is 95.9 Å². The van der Waals surface area contributed by atoms with Crippen molar-refractivity contribution in [3.8, 4) is 0 Å². The van der Waals surface area contributed by atoms with Gasteiger partial charge in [0.2, 0.25) is 5.91 Å². The maximum Gasteiger partial charge on any atom is 0.267 e. The molecular weight excluding hydrogens is 426 g/mol. The molecule has 1 N–H and O–H groups in total. The first-order valence-electron chi connectivity index (χ1n) is 10.9. The van der Waals surface area contributed by atoms with Crippen LogP contribution in [-0.2, 0) is 19.4 Å². The highest BCUT2D eigenvalue weighted by molar-refractivity contribution is 7.91. The van der Waals surface area contributed by atoms with Gasteiger partial charge in [0.25, 0.3) is 5.91 Å². The maximum absolute atomic E-state index is 12.7. The van der Waals surface area contributed by atoms with Crippen molar-refractivity contribution < 1.29 is 18.0 Å². The van der Waals surface area contributed by atoms with Crippen molar-refractivity contribution in [2.75, 3.05) is 18.1 Å². The van der Waals surface area contributed by atoms with Gasteiger partial charge < -0.3 is 5.32 Å². The molecule has 0 saturated carbocycles. The van der Waals surface area contributed by atoms with Crippen LogP contribution in [-0.4, -0.2) is 55.0 Å². The van der Waals surface area contributed by atoms with Crippen LogP contribution in [0.25, 0.3) is 0 Å². The summed E-state index contributed by atoms with van der Waals surface area (Å²) in [5, 5.41) is 8.41. The van der Waals surface area contributed by atoms with E-state index in [9.17, 15) is 18.0 Å². The summed E-state index contributed by atoms with van der Waals surface area (Å²) < 4.78 is 23.6. The lowest BCUT2D eigenvalue weighted by Gasteiger charge is -2.27. The Morgan fingerprint density at radius 1 is 1.03 bits per heavy atom. The van der Waals surface area contributed by atoms with E-state index in [0.717, 1.165) is 6.42 Å². The van der Waals surface area contributed by atoms with E-state index in [-0.39, 0.29) is 47.8 Å². The molecule has 0 spiro atoms. The quantitative estimate of drug-likeness (QED) is 0.697. The first-order valence-corrected chi connectivity index (χ1v) is 12.7. The van der Waals surface area contributed by atoms with Gasteiger partial charge in [-0.05, 0) is 24.0 Å². The second-order valence-electron chi connectivity index (χ2n) is 8.26. The third kappa shape index (κ3) is 5.24. The zero-order chi connectivity index (χ0) is 22.6. The van der Waals surface area contributed by atoms with E-state index in [1.54, 1.807) is 0 Å². The largest absolute Gasteiger partial charge is 0.351 e. The van der Waals surface area contributed by atoms with Gasteiger partial charge in [-0.15, -0.1) is 0 Å². The molecule has 0 aromatic heterocycles. The number of nitrogens with one attached hydrogen (secondary N) is 1. The molecule has 2 aromatic rings. The molecule has 8 heteroatoms. The SMILES string of the molecule is O=C(NCCC(c1ccccc1)c1ccccc1)C1=NN([C@H]2CCS(=O)(=O)C2)C(=O)CC1. The van der Waals surface area contributed by atoms with Crippen molar-refractivity contribution in [2.45, 2.75) is 37.6 Å². The molecule has 2 aliphatic heterocycles. The molecule has 0 aliphatic carbocycles. The Morgan fingerprint density at radius 3 is 2.22 bits per heavy atom. The Morgan fingerprint density at radius 2 is 1.66 bits per heavy atom. The van der Waals surface area contributed by atoms with Crippen LogP contribution >= 0.6 is 0 Å². The van der Waals surface area contributed by atoms with E-state index < -0.39 is 15.9 Å². The fraction of sp³-hybridized carbons (Fsp3) is 0.375. The van der Waals surface area contributed by atoms with Gasteiger partial charge in [0.15, 0.2) is 9.84 Å². The van der Waals surface area contributed by atoms with Crippen molar-refractivity contribution in [3.63, 3.8) is 0 Å². The minimum Gasteiger partial charge on any atom is -0.351 e. The predicted octanol–water partition coefficient (Wildman–Crippen LogP) is 2.49. The second-order valence-corrected chi connectivity index (χ2v) is 10.5. The van der Waals surface area contributed by atoms with Gasteiger partial charge in [0.05, 0.1) is 17.5 Å². The average Bonchev–Trinajstić information content (AvgIpc) is 3.17. The molecule has 0 unspecified atom stereocenters. The van der Waals surface area contributed by atoms with Crippen LogP contribution in [0.5, 0.6) is 0 Å². The summed E-state index contributed by atoms with van der Waals surface area (Å²) in [6.07, 6.45) is 1.51. The van der Waals surface area contributed by atoms with Crippen LogP contribution in [0.3, 0.4) is 0 Å². The van der Waals surface area contributed by atoms with Gasteiger partial charge in [-0.1, -0.05) is 60.7 Å². The summed E-state index contributed by atoms with van der Waals surface area (Å²) in [4.78, 5) is 25.0. The molecule has 1 saturated heterocycles. The van der Waals surface area contributed by atoms with Crippen LogP contribution in [0.2, 0.25) is 0 Å². The molecular formula is C24H27N3O4S. The van der Waals surface area contributed by atoms with Gasteiger partial charge in [0.1, 0.15) is 5.71 Å². The molecule has 2 amide bonds. The molecule has 7 nitrogen and oxygen atoms in total. The second kappa shape index (κ2) is 9.65. The Hall–Kier alpha value is -3.00. The molecule has 1 fully saturated rings. The smallest absolute Gasteiger partial charge is 0.267 e. The number of benzene rings is 2. The average molecular weight is 454 g/mol. The van der Waals surface area contributed by atoms with Crippen molar-refractivity contribution >= 4 is 27.4 Å². The molecule has 2 aliphatic rings. The van der Waals surface area contributed by atoms with E-state index in [0.29, 0.717) is 13.0 Å². The number of hydrogen-bond acceptors (Lipinski definition) is 5. The number of carbonyl (C=O) groups excluding carboxylic acids is 2. The molecule has 4 rings (SSSR count). The minimum absolute atomic E-state index is 0.0544. The molecule has 0 bridgehead atoms. The fourth-order valence-corrected chi connectivity index (χ4v) is 6.01. The zero-order valence-electron chi connectivity index (χ0n) is 17.8. The maximum atomic E-state index is 12.7. The highest BCUT2D eigenvalue weighted by Gasteiger charge is 2.37. The Labute approximate surface area is 188 Å². The summed E-state index contributed by atoms with van der Waals surface area (Å²) in [6.45, 7) is 0.456. The lowest BCUT2D eigenvalue weighted by molar-refractivity contribution is -0.133. The lowest BCUT2D eigenvalue weighted by atomic mass is 9.88. The van der Waals surface area contributed by atoms with Gasteiger partial charge in [-0.3, -0.25) is 9.59 Å². The number of carbonyl (C=O) groups is 2. The molecule has 0 radical (unpaired) electrons. The number of rotatable bonds is 7. The zero-order valence-corrected chi connectivity index (χ0v) is 18.6. The molecule has 2 heterocycles. The minimum atomic E-state index is -3.15. The lowest BCUT2D eigenvalue weighted by Crippen LogP contribution is -2.44. The van der Waals surface area contributed by atoms with Crippen molar-refractivity contribution in [3.05, 3.63) is 71.8 Å².